The van der Waals surface area contributed by atoms with E-state index in [2.05, 4.69) is 78.9 Å². The molecule has 0 fully saturated rings. The van der Waals surface area contributed by atoms with Crippen LogP contribution >= 0.6 is 0 Å². The van der Waals surface area contributed by atoms with Crippen LogP contribution in [0.5, 0.6) is 0 Å². The van der Waals surface area contributed by atoms with Crippen molar-refractivity contribution in [2.45, 2.75) is 5.54 Å². The van der Waals surface area contributed by atoms with E-state index in [4.69, 9.17) is 0 Å². The van der Waals surface area contributed by atoms with E-state index in [1.165, 1.54) is 22.3 Å². The van der Waals surface area contributed by atoms with Crippen LogP contribution < -0.4 is 30.0 Å². The number of hydrogen-bond acceptors (Lipinski definition) is 0. The van der Waals surface area contributed by atoms with Gasteiger partial charge in [0.2, 0.25) is 0 Å². The molecule has 0 saturated carbocycles. The Labute approximate surface area is 171 Å². The first-order chi connectivity index (χ1) is 9.93. The zero-order chi connectivity index (χ0) is 13.4. The van der Waals surface area contributed by atoms with Gasteiger partial charge in [0.1, 0.15) is 0 Å². The van der Waals surface area contributed by atoms with E-state index < -0.39 is 0 Å². The van der Waals surface area contributed by atoms with Crippen LogP contribution in [0.25, 0.3) is 11.1 Å². The molecule has 0 saturated heterocycles. The van der Waals surface area contributed by atoms with Gasteiger partial charge in [-0.3, -0.25) is 0 Å². The van der Waals surface area contributed by atoms with Crippen LogP contribution in [0.1, 0.15) is 16.7 Å². The first-order valence-corrected chi connectivity index (χ1v) is 8.68. The molecule has 3 aromatic rings. The first-order valence-electron chi connectivity index (χ1n) is 7.15. The van der Waals surface area contributed by atoms with Gasteiger partial charge >= 0.3 is 26.2 Å². The normalized spacial score (nSPS) is 11.8. The maximum absolute atomic E-state index is 2.32. The fourth-order valence-electron chi connectivity index (χ4n) is 3.33. The molecule has 4 heteroatoms. The molecule has 0 aromatic heterocycles. The molecule has 0 nitrogen and oxygen atoms in total. The van der Waals surface area contributed by atoms with Gasteiger partial charge in [-0.05, 0) is 22.3 Å². The van der Waals surface area contributed by atoms with E-state index in [1.54, 1.807) is 5.19 Å². The zero-order valence-electron chi connectivity index (χ0n) is 12.5. The van der Waals surface area contributed by atoms with Crippen LogP contribution in [0, 0.1) is 0 Å². The van der Waals surface area contributed by atoms with Crippen LogP contribution in [-0.4, -0.2) is 9.52 Å². The molecule has 0 bridgehead atoms. The number of hydrogen-bond donors (Lipinski definition) is 0. The molecule has 0 radical (unpaired) electrons. The second-order valence-corrected chi connectivity index (χ2v) is 7.46. The van der Waals surface area contributed by atoms with E-state index in [9.17, 15) is 0 Å². The third kappa shape index (κ3) is 3.88. The molecule has 0 heterocycles. The van der Waals surface area contributed by atoms with Gasteiger partial charge in [-0.1, -0.05) is 84.0 Å². The fraction of sp³-hybridized carbons (Fsp3) is 0.0526. The Morgan fingerprint density at radius 2 is 1.00 bits per heavy atom. The number of benzene rings is 3. The van der Waals surface area contributed by atoms with Gasteiger partial charge in [0.15, 0.2) is 0 Å². The van der Waals surface area contributed by atoms with Crippen molar-refractivity contribution in [2.75, 3.05) is 0 Å². The van der Waals surface area contributed by atoms with Gasteiger partial charge in [-0.15, -0.1) is 0 Å². The summed E-state index contributed by atoms with van der Waals surface area (Å²) in [6.45, 7) is 0. The molecule has 0 spiro atoms. The van der Waals surface area contributed by atoms with Crippen molar-refractivity contribution in [1.82, 2.24) is 0 Å². The zero-order valence-corrected chi connectivity index (χ0v) is 17.9. The summed E-state index contributed by atoms with van der Waals surface area (Å²) in [6.07, 6.45) is 0. The SMILES string of the molecule is [Cl-].[Cl-].[Zr+2].c1ccc([SiH2]C2c3ccccc3-c3ccccc32)cc1. The summed E-state index contributed by atoms with van der Waals surface area (Å²) in [5.74, 6) is 0. The van der Waals surface area contributed by atoms with Crippen molar-refractivity contribution in [1.29, 1.82) is 0 Å². The Bertz CT molecular complexity index is 717. The monoisotopic (exact) mass is 432 g/mol. The van der Waals surface area contributed by atoms with Gasteiger partial charge in [0.25, 0.3) is 0 Å². The Morgan fingerprint density at radius 3 is 1.52 bits per heavy atom. The Kier molecular flexibility index (Phi) is 7.97. The molecule has 1 aliphatic carbocycles. The summed E-state index contributed by atoms with van der Waals surface area (Å²) in [5, 5.41) is 1.55. The summed E-state index contributed by atoms with van der Waals surface area (Å²) in [6, 6.07) is 28.8. The van der Waals surface area contributed by atoms with E-state index >= 15 is 0 Å². The quantitative estimate of drug-likeness (QED) is 0.384. The maximum Gasteiger partial charge on any atom is 2.00 e. The Balaban J connectivity index is 0.000000882. The van der Waals surface area contributed by atoms with Crippen molar-refractivity contribution in [3.8, 4) is 11.1 Å². The average molecular weight is 435 g/mol. The molecular weight excluding hydrogens is 418 g/mol. The Hall–Kier alpha value is -0.660. The van der Waals surface area contributed by atoms with Crippen LogP contribution in [-0.2, 0) is 26.2 Å². The summed E-state index contributed by atoms with van der Waals surface area (Å²) in [4.78, 5) is 0. The van der Waals surface area contributed by atoms with Crippen molar-refractivity contribution in [3.63, 3.8) is 0 Å². The average Bonchev–Trinajstić information content (AvgIpc) is 2.84. The predicted molar refractivity (Wildman–Crippen MR) is 88.3 cm³/mol. The van der Waals surface area contributed by atoms with E-state index in [-0.39, 0.29) is 60.5 Å². The first kappa shape index (κ1) is 20.4. The minimum Gasteiger partial charge on any atom is -1.00 e. The van der Waals surface area contributed by atoms with Gasteiger partial charge in [0.05, 0.1) is 9.52 Å². The van der Waals surface area contributed by atoms with E-state index in [0.29, 0.717) is 5.54 Å². The van der Waals surface area contributed by atoms with Gasteiger partial charge < -0.3 is 24.8 Å². The molecule has 114 valence electrons. The summed E-state index contributed by atoms with van der Waals surface area (Å²) < 4.78 is 0. The topological polar surface area (TPSA) is 0 Å². The number of rotatable bonds is 2. The molecule has 4 rings (SSSR count). The van der Waals surface area contributed by atoms with Crippen LogP contribution in [0.2, 0.25) is 0 Å². The predicted octanol–water partition coefficient (Wildman–Crippen LogP) is -2.74. The summed E-state index contributed by atoms with van der Waals surface area (Å²) in [7, 11) is -0.352. The van der Waals surface area contributed by atoms with Gasteiger partial charge in [-0.25, -0.2) is 0 Å². The standard InChI is InChI=1S/C19H16Si.2ClH.Zr/c1-2-8-14(9-3-1)20-19-17-12-6-4-10-15(17)16-11-5-7-13-18(16)19;;;/h1-13,19H,20H2;2*1H;/q;;;+2/p-2. The second kappa shape index (κ2) is 8.99. The smallest absolute Gasteiger partial charge is 1.00 e. The van der Waals surface area contributed by atoms with Crippen molar-refractivity contribution >= 4 is 14.7 Å². The van der Waals surface area contributed by atoms with Gasteiger partial charge in [0, 0.05) is 5.54 Å². The van der Waals surface area contributed by atoms with Gasteiger partial charge in [-0.2, -0.15) is 0 Å². The molecule has 0 unspecified atom stereocenters. The van der Waals surface area contributed by atoms with Crippen molar-refractivity contribution in [3.05, 3.63) is 90.0 Å². The summed E-state index contributed by atoms with van der Waals surface area (Å²) >= 11 is 0. The molecular formula is C19H16Cl2SiZr. The van der Waals surface area contributed by atoms with Crippen LogP contribution in [0.15, 0.2) is 78.9 Å². The van der Waals surface area contributed by atoms with E-state index in [1.807, 2.05) is 0 Å². The largest absolute Gasteiger partial charge is 2.00 e. The molecule has 23 heavy (non-hydrogen) atoms. The van der Waals surface area contributed by atoms with Crippen molar-refractivity contribution in [2.24, 2.45) is 0 Å². The molecule has 0 amide bonds. The second-order valence-electron chi connectivity index (χ2n) is 5.42. The number of halogens is 2. The van der Waals surface area contributed by atoms with Crippen LogP contribution in [0.3, 0.4) is 0 Å². The third-order valence-corrected chi connectivity index (χ3v) is 6.48. The summed E-state index contributed by atoms with van der Waals surface area (Å²) in [5.41, 5.74) is 6.58. The molecule has 0 aliphatic heterocycles. The van der Waals surface area contributed by atoms with Crippen molar-refractivity contribution < 1.29 is 51.0 Å². The number of fused-ring (bicyclic) bond motifs is 3. The fourth-order valence-corrected chi connectivity index (χ4v) is 5.50. The minimum atomic E-state index is -0.352. The molecule has 3 aromatic carbocycles. The minimum absolute atomic E-state index is 0. The third-order valence-electron chi connectivity index (χ3n) is 4.25. The molecule has 1 aliphatic rings. The maximum atomic E-state index is 2.32. The molecule has 0 atom stereocenters. The Morgan fingerprint density at radius 1 is 0.565 bits per heavy atom. The van der Waals surface area contributed by atoms with E-state index in [0.717, 1.165) is 0 Å². The van der Waals surface area contributed by atoms with Crippen LogP contribution in [0.4, 0.5) is 0 Å². The molecule has 0 N–H and O–H groups in total.